The monoisotopic (exact) mass is 307 g/mol. The molecule has 118 valence electrons. The molecule has 1 aromatic carbocycles. The van der Waals surface area contributed by atoms with Gasteiger partial charge in [-0.2, -0.15) is 0 Å². The normalized spacial score (nSPS) is 24.0. The molecule has 1 aliphatic rings. The SMILES string of the molecule is CCCC(NCCC1CCC(C)CC1)c1ccc(Cl)cc1. The second-order valence-corrected chi connectivity index (χ2v) is 7.20. The van der Waals surface area contributed by atoms with Crippen LogP contribution >= 0.6 is 11.6 Å². The standard InChI is InChI=1S/C19H30ClN/c1-3-4-19(17-9-11-18(20)12-10-17)21-14-13-16-7-5-15(2)6-8-16/h9-12,15-16,19,21H,3-8,13-14H2,1-2H3. The lowest BCUT2D eigenvalue weighted by Gasteiger charge is -2.27. The molecule has 1 unspecified atom stereocenters. The predicted molar refractivity (Wildman–Crippen MR) is 92.8 cm³/mol. The van der Waals surface area contributed by atoms with Gasteiger partial charge in [0, 0.05) is 11.1 Å². The van der Waals surface area contributed by atoms with Gasteiger partial charge in [0.15, 0.2) is 0 Å². The molecule has 1 atom stereocenters. The Hall–Kier alpha value is -0.530. The summed E-state index contributed by atoms with van der Waals surface area (Å²) in [4.78, 5) is 0. The smallest absolute Gasteiger partial charge is 0.0406 e. The fraction of sp³-hybridized carbons (Fsp3) is 0.684. The van der Waals surface area contributed by atoms with E-state index >= 15 is 0 Å². The van der Waals surface area contributed by atoms with E-state index < -0.39 is 0 Å². The van der Waals surface area contributed by atoms with Gasteiger partial charge in [0.1, 0.15) is 0 Å². The van der Waals surface area contributed by atoms with Crippen molar-refractivity contribution in [3.8, 4) is 0 Å². The largest absolute Gasteiger partial charge is 0.310 e. The summed E-state index contributed by atoms with van der Waals surface area (Å²) in [6.07, 6.45) is 9.47. The van der Waals surface area contributed by atoms with Crippen LogP contribution in [0.4, 0.5) is 0 Å². The lowest BCUT2D eigenvalue weighted by atomic mass is 9.81. The van der Waals surface area contributed by atoms with E-state index in [1.807, 2.05) is 12.1 Å². The van der Waals surface area contributed by atoms with Crippen molar-refractivity contribution < 1.29 is 0 Å². The van der Waals surface area contributed by atoms with Crippen LogP contribution in [0.5, 0.6) is 0 Å². The zero-order valence-corrected chi connectivity index (χ0v) is 14.3. The Bertz CT molecular complexity index is 393. The molecule has 0 saturated heterocycles. The van der Waals surface area contributed by atoms with Crippen LogP contribution in [0.3, 0.4) is 0 Å². The molecule has 1 saturated carbocycles. The molecule has 2 heteroatoms. The summed E-state index contributed by atoms with van der Waals surface area (Å²) in [5.41, 5.74) is 1.37. The Labute approximate surface area is 135 Å². The number of rotatable bonds is 7. The van der Waals surface area contributed by atoms with Crippen LogP contribution in [0, 0.1) is 11.8 Å². The first kappa shape index (κ1) is 16.8. The summed E-state index contributed by atoms with van der Waals surface area (Å²) in [7, 11) is 0. The molecule has 0 aliphatic heterocycles. The first-order valence-electron chi connectivity index (χ1n) is 8.68. The first-order chi connectivity index (χ1) is 10.2. The average Bonchev–Trinajstić information content (AvgIpc) is 2.49. The topological polar surface area (TPSA) is 12.0 Å². The second kappa shape index (κ2) is 8.80. The van der Waals surface area contributed by atoms with Gasteiger partial charge in [-0.05, 0) is 48.9 Å². The van der Waals surface area contributed by atoms with Gasteiger partial charge in [0.2, 0.25) is 0 Å². The van der Waals surface area contributed by atoms with Gasteiger partial charge in [-0.15, -0.1) is 0 Å². The minimum absolute atomic E-state index is 0.481. The fourth-order valence-electron chi connectivity index (χ4n) is 3.45. The quantitative estimate of drug-likeness (QED) is 0.652. The van der Waals surface area contributed by atoms with Crippen LogP contribution in [0.2, 0.25) is 5.02 Å². The summed E-state index contributed by atoms with van der Waals surface area (Å²) in [5, 5.41) is 4.60. The Balaban J connectivity index is 1.78. The van der Waals surface area contributed by atoms with Gasteiger partial charge < -0.3 is 5.32 Å². The Morgan fingerprint density at radius 2 is 1.81 bits per heavy atom. The van der Waals surface area contributed by atoms with Crippen molar-refractivity contribution in [1.82, 2.24) is 5.32 Å². The fourth-order valence-corrected chi connectivity index (χ4v) is 3.58. The summed E-state index contributed by atoms with van der Waals surface area (Å²) in [5.74, 6) is 1.90. The molecule has 2 rings (SSSR count). The van der Waals surface area contributed by atoms with Crippen molar-refractivity contribution in [2.75, 3.05) is 6.54 Å². The van der Waals surface area contributed by atoms with Crippen LogP contribution in [-0.2, 0) is 0 Å². The maximum atomic E-state index is 5.99. The highest BCUT2D eigenvalue weighted by Gasteiger charge is 2.18. The van der Waals surface area contributed by atoms with Crippen molar-refractivity contribution in [3.63, 3.8) is 0 Å². The van der Waals surface area contributed by atoms with E-state index in [1.165, 1.54) is 50.5 Å². The zero-order chi connectivity index (χ0) is 15.1. The number of benzene rings is 1. The van der Waals surface area contributed by atoms with Gasteiger partial charge >= 0.3 is 0 Å². The number of nitrogens with one attached hydrogen (secondary N) is 1. The van der Waals surface area contributed by atoms with Gasteiger partial charge in [0.05, 0.1) is 0 Å². The highest BCUT2D eigenvalue weighted by molar-refractivity contribution is 6.30. The molecular formula is C19H30ClN. The molecule has 1 nitrogen and oxygen atoms in total. The molecule has 0 radical (unpaired) electrons. The molecule has 1 fully saturated rings. The van der Waals surface area contributed by atoms with Crippen LogP contribution in [0.15, 0.2) is 24.3 Å². The minimum Gasteiger partial charge on any atom is -0.310 e. The third-order valence-corrected chi connectivity index (χ3v) is 5.18. The predicted octanol–water partition coefficient (Wildman–Crippen LogP) is 5.99. The van der Waals surface area contributed by atoms with Crippen molar-refractivity contribution in [1.29, 1.82) is 0 Å². The van der Waals surface area contributed by atoms with E-state index in [1.54, 1.807) is 0 Å². The number of halogens is 1. The van der Waals surface area contributed by atoms with Crippen LogP contribution < -0.4 is 5.32 Å². The van der Waals surface area contributed by atoms with Crippen molar-refractivity contribution in [2.24, 2.45) is 11.8 Å². The third-order valence-electron chi connectivity index (χ3n) is 4.93. The van der Waals surface area contributed by atoms with Crippen LogP contribution in [-0.4, -0.2) is 6.54 Å². The van der Waals surface area contributed by atoms with E-state index in [2.05, 4.69) is 31.3 Å². The summed E-state index contributed by atoms with van der Waals surface area (Å²) in [6, 6.07) is 8.82. The molecule has 0 heterocycles. The molecule has 0 bridgehead atoms. The maximum Gasteiger partial charge on any atom is 0.0406 e. The van der Waals surface area contributed by atoms with E-state index in [0.29, 0.717) is 6.04 Å². The molecular weight excluding hydrogens is 278 g/mol. The molecule has 0 amide bonds. The lowest BCUT2D eigenvalue weighted by Crippen LogP contribution is -2.25. The van der Waals surface area contributed by atoms with Crippen molar-refractivity contribution >= 4 is 11.6 Å². The Morgan fingerprint density at radius 1 is 1.14 bits per heavy atom. The first-order valence-corrected chi connectivity index (χ1v) is 9.05. The van der Waals surface area contributed by atoms with Crippen molar-refractivity contribution in [3.05, 3.63) is 34.9 Å². The third kappa shape index (κ3) is 5.64. The summed E-state index contributed by atoms with van der Waals surface area (Å²) >= 11 is 5.99. The minimum atomic E-state index is 0.481. The van der Waals surface area contributed by atoms with Gasteiger partial charge in [-0.1, -0.05) is 69.7 Å². The molecule has 21 heavy (non-hydrogen) atoms. The summed E-state index contributed by atoms with van der Waals surface area (Å²) in [6.45, 7) is 5.80. The Kier molecular flexibility index (Phi) is 7.06. The molecule has 1 aromatic rings. The zero-order valence-electron chi connectivity index (χ0n) is 13.6. The molecule has 0 aromatic heterocycles. The van der Waals surface area contributed by atoms with Crippen molar-refractivity contribution in [2.45, 2.75) is 64.8 Å². The molecule has 1 aliphatic carbocycles. The van der Waals surface area contributed by atoms with Gasteiger partial charge in [-0.3, -0.25) is 0 Å². The number of hydrogen-bond acceptors (Lipinski definition) is 1. The Morgan fingerprint density at radius 3 is 2.43 bits per heavy atom. The number of hydrogen-bond donors (Lipinski definition) is 1. The maximum absolute atomic E-state index is 5.99. The molecule has 1 N–H and O–H groups in total. The van der Waals surface area contributed by atoms with Gasteiger partial charge in [-0.25, -0.2) is 0 Å². The average molecular weight is 308 g/mol. The van der Waals surface area contributed by atoms with E-state index in [9.17, 15) is 0 Å². The summed E-state index contributed by atoms with van der Waals surface area (Å²) < 4.78 is 0. The lowest BCUT2D eigenvalue weighted by molar-refractivity contribution is 0.271. The van der Waals surface area contributed by atoms with E-state index in [-0.39, 0.29) is 0 Å². The van der Waals surface area contributed by atoms with Crippen LogP contribution in [0.25, 0.3) is 0 Å². The van der Waals surface area contributed by atoms with Crippen LogP contribution in [0.1, 0.15) is 70.4 Å². The molecule has 0 spiro atoms. The van der Waals surface area contributed by atoms with E-state index in [0.717, 1.165) is 23.4 Å². The van der Waals surface area contributed by atoms with E-state index in [4.69, 9.17) is 11.6 Å². The second-order valence-electron chi connectivity index (χ2n) is 6.76. The highest BCUT2D eigenvalue weighted by atomic mass is 35.5. The van der Waals surface area contributed by atoms with Gasteiger partial charge in [0.25, 0.3) is 0 Å². The highest BCUT2D eigenvalue weighted by Crippen LogP contribution is 2.30.